The number of carboxylic acid groups (broad SMARTS) is 1. The van der Waals surface area contributed by atoms with Gasteiger partial charge in [0.05, 0.1) is 12.5 Å². The molecule has 86 valence electrons. The highest BCUT2D eigenvalue weighted by Crippen LogP contribution is 2.15. The van der Waals surface area contributed by atoms with E-state index in [0.29, 0.717) is 0 Å². The van der Waals surface area contributed by atoms with Crippen LogP contribution in [0.4, 0.5) is 5.88 Å². The number of aliphatic carboxylic acids is 1. The van der Waals surface area contributed by atoms with Crippen LogP contribution in [-0.4, -0.2) is 28.5 Å². The van der Waals surface area contributed by atoms with E-state index >= 15 is 0 Å². The van der Waals surface area contributed by atoms with Crippen LogP contribution < -0.4 is 5.32 Å². The maximum absolute atomic E-state index is 11.1. The lowest BCUT2D eigenvalue weighted by molar-refractivity contribution is -0.402. The first kappa shape index (κ1) is 11.7. The lowest BCUT2D eigenvalue weighted by Crippen LogP contribution is -2.30. The minimum atomic E-state index is -1.17. The van der Waals surface area contributed by atoms with Crippen LogP contribution in [0.15, 0.2) is 16.5 Å². The Morgan fingerprint density at radius 3 is 2.69 bits per heavy atom. The molecule has 0 saturated carbocycles. The van der Waals surface area contributed by atoms with Crippen molar-refractivity contribution < 1.29 is 24.0 Å². The topological polar surface area (TPSA) is 123 Å². The van der Waals surface area contributed by atoms with Crippen LogP contribution in [-0.2, 0) is 16.0 Å². The fourth-order valence-corrected chi connectivity index (χ4v) is 0.955. The van der Waals surface area contributed by atoms with E-state index < -0.39 is 29.2 Å². The van der Waals surface area contributed by atoms with E-state index in [1.807, 2.05) is 0 Å². The number of nitrogens with one attached hydrogen (secondary N) is 1. The third kappa shape index (κ3) is 3.40. The molecule has 1 aromatic rings. The molecule has 0 fully saturated rings. The zero-order valence-electron chi connectivity index (χ0n) is 8.00. The van der Waals surface area contributed by atoms with Gasteiger partial charge < -0.3 is 14.8 Å². The summed E-state index contributed by atoms with van der Waals surface area (Å²) in [5.41, 5.74) is 0. The SMILES string of the molecule is O=C(O)CNC(=O)Cc1ccc([N+](=O)[O-])o1. The number of rotatable bonds is 5. The zero-order valence-corrected chi connectivity index (χ0v) is 8.00. The molecule has 1 heterocycles. The molecule has 0 spiro atoms. The first-order chi connectivity index (χ1) is 7.49. The molecule has 2 N–H and O–H groups in total. The Hall–Kier alpha value is -2.38. The Morgan fingerprint density at radius 1 is 1.50 bits per heavy atom. The first-order valence-electron chi connectivity index (χ1n) is 4.20. The molecule has 0 aliphatic heterocycles. The molecule has 8 heteroatoms. The lowest BCUT2D eigenvalue weighted by Gasteiger charge is -1.98. The molecule has 1 aromatic heterocycles. The van der Waals surface area contributed by atoms with E-state index in [4.69, 9.17) is 9.52 Å². The van der Waals surface area contributed by atoms with Gasteiger partial charge in [0.15, 0.2) is 0 Å². The van der Waals surface area contributed by atoms with Crippen molar-refractivity contribution in [3.05, 3.63) is 28.0 Å². The van der Waals surface area contributed by atoms with Gasteiger partial charge >= 0.3 is 11.9 Å². The predicted molar refractivity (Wildman–Crippen MR) is 49.7 cm³/mol. The molecule has 1 rings (SSSR count). The average Bonchev–Trinajstić information content (AvgIpc) is 2.63. The summed E-state index contributed by atoms with van der Waals surface area (Å²) in [5, 5.41) is 20.6. The van der Waals surface area contributed by atoms with Gasteiger partial charge in [-0.3, -0.25) is 19.7 Å². The van der Waals surface area contributed by atoms with Gasteiger partial charge in [0.25, 0.3) is 0 Å². The van der Waals surface area contributed by atoms with Crippen LogP contribution >= 0.6 is 0 Å². The third-order valence-corrected chi connectivity index (χ3v) is 1.60. The highest BCUT2D eigenvalue weighted by molar-refractivity contribution is 5.82. The Bertz CT molecular complexity index is 424. The van der Waals surface area contributed by atoms with Crippen molar-refractivity contribution in [2.24, 2.45) is 0 Å². The number of hydrogen-bond acceptors (Lipinski definition) is 5. The van der Waals surface area contributed by atoms with Gasteiger partial charge in [-0.1, -0.05) is 0 Å². The number of nitrogens with zero attached hydrogens (tertiary/aromatic N) is 1. The fraction of sp³-hybridized carbons (Fsp3) is 0.250. The van der Waals surface area contributed by atoms with Gasteiger partial charge in [0.2, 0.25) is 5.91 Å². The van der Waals surface area contributed by atoms with Crippen LogP contribution in [0.5, 0.6) is 0 Å². The standard InChI is InChI=1S/C8H8N2O6/c11-6(9-4-8(12)13)3-5-1-2-7(16-5)10(14)15/h1-2H,3-4H2,(H,9,11)(H,12,13). The van der Waals surface area contributed by atoms with E-state index in [1.54, 1.807) is 0 Å². The van der Waals surface area contributed by atoms with E-state index in [2.05, 4.69) is 5.32 Å². The maximum atomic E-state index is 11.1. The third-order valence-electron chi connectivity index (χ3n) is 1.60. The van der Waals surface area contributed by atoms with Crippen LogP contribution in [0, 0.1) is 10.1 Å². The van der Waals surface area contributed by atoms with E-state index in [0.717, 1.165) is 6.07 Å². The number of amides is 1. The highest BCUT2D eigenvalue weighted by atomic mass is 16.6. The summed E-state index contributed by atoms with van der Waals surface area (Å²) < 4.78 is 4.72. The lowest BCUT2D eigenvalue weighted by atomic mass is 10.3. The van der Waals surface area contributed by atoms with Gasteiger partial charge in [0, 0.05) is 0 Å². The molecule has 0 atom stereocenters. The van der Waals surface area contributed by atoms with Crippen molar-refractivity contribution in [1.29, 1.82) is 0 Å². The summed E-state index contributed by atoms with van der Waals surface area (Å²) in [7, 11) is 0. The van der Waals surface area contributed by atoms with Crippen molar-refractivity contribution in [3.8, 4) is 0 Å². The smallest absolute Gasteiger partial charge is 0.433 e. The summed E-state index contributed by atoms with van der Waals surface area (Å²) in [6.07, 6.45) is -0.235. The molecular weight excluding hydrogens is 220 g/mol. The number of nitro groups is 1. The largest absolute Gasteiger partial charge is 0.480 e. The molecule has 8 nitrogen and oxygen atoms in total. The summed E-state index contributed by atoms with van der Waals surface area (Å²) in [5.74, 6) is -2.10. The predicted octanol–water partition coefficient (Wildman–Crippen LogP) is -0.0689. The highest BCUT2D eigenvalue weighted by Gasteiger charge is 2.14. The molecular formula is C8H8N2O6. The number of furan rings is 1. The van der Waals surface area contributed by atoms with Gasteiger partial charge in [0.1, 0.15) is 17.2 Å². The second-order valence-corrected chi connectivity index (χ2v) is 2.84. The Balaban J connectivity index is 2.49. The number of hydrogen-bond donors (Lipinski definition) is 2. The van der Waals surface area contributed by atoms with Crippen molar-refractivity contribution in [2.75, 3.05) is 6.54 Å². The zero-order chi connectivity index (χ0) is 12.1. The molecule has 16 heavy (non-hydrogen) atoms. The molecule has 0 aromatic carbocycles. The Labute approximate surface area is 89.0 Å². The number of carbonyl (C=O) groups excluding carboxylic acids is 1. The summed E-state index contributed by atoms with van der Waals surface area (Å²) in [6, 6.07) is 2.41. The number of carboxylic acids is 1. The maximum Gasteiger partial charge on any atom is 0.433 e. The normalized spacial score (nSPS) is 9.75. The van der Waals surface area contributed by atoms with Crippen LogP contribution in [0.2, 0.25) is 0 Å². The van der Waals surface area contributed by atoms with Gasteiger partial charge in [-0.05, 0) is 6.07 Å². The van der Waals surface area contributed by atoms with Crippen LogP contribution in [0.25, 0.3) is 0 Å². The molecule has 0 unspecified atom stereocenters. The summed E-state index contributed by atoms with van der Waals surface area (Å²) >= 11 is 0. The minimum absolute atomic E-state index is 0.106. The van der Waals surface area contributed by atoms with Crippen molar-refractivity contribution in [1.82, 2.24) is 5.32 Å². The van der Waals surface area contributed by atoms with E-state index in [-0.39, 0.29) is 12.2 Å². The fourth-order valence-electron chi connectivity index (χ4n) is 0.955. The molecule has 0 bridgehead atoms. The number of carbonyl (C=O) groups is 2. The van der Waals surface area contributed by atoms with Gasteiger partial charge in [-0.25, -0.2) is 0 Å². The molecule has 0 radical (unpaired) electrons. The van der Waals surface area contributed by atoms with Crippen LogP contribution in [0.1, 0.15) is 5.76 Å². The second kappa shape index (κ2) is 4.91. The average molecular weight is 228 g/mol. The van der Waals surface area contributed by atoms with E-state index in [1.165, 1.54) is 6.07 Å². The van der Waals surface area contributed by atoms with Crippen molar-refractivity contribution in [2.45, 2.75) is 6.42 Å². The first-order valence-corrected chi connectivity index (χ1v) is 4.20. The summed E-state index contributed by atoms with van der Waals surface area (Å²) in [6.45, 7) is -0.498. The van der Waals surface area contributed by atoms with Crippen LogP contribution in [0.3, 0.4) is 0 Å². The van der Waals surface area contributed by atoms with Gasteiger partial charge in [-0.15, -0.1) is 0 Å². The Kier molecular flexibility index (Phi) is 3.59. The van der Waals surface area contributed by atoms with E-state index in [9.17, 15) is 19.7 Å². The molecule has 0 aliphatic carbocycles. The molecule has 1 amide bonds. The quantitative estimate of drug-likeness (QED) is 0.537. The monoisotopic (exact) mass is 228 g/mol. The van der Waals surface area contributed by atoms with Crippen molar-refractivity contribution in [3.63, 3.8) is 0 Å². The summed E-state index contributed by atoms with van der Waals surface area (Å²) in [4.78, 5) is 30.7. The minimum Gasteiger partial charge on any atom is -0.480 e. The van der Waals surface area contributed by atoms with Crippen molar-refractivity contribution >= 4 is 17.8 Å². The second-order valence-electron chi connectivity index (χ2n) is 2.84. The van der Waals surface area contributed by atoms with Gasteiger partial charge in [-0.2, -0.15) is 0 Å². The Morgan fingerprint density at radius 2 is 2.19 bits per heavy atom. The molecule has 0 saturated heterocycles. The molecule has 0 aliphatic rings.